The van der Waals surface area contributed by atoms with E-state index in [4.69, 9.17) is 9.47 Å². The molecule has 0 bridgehead atoms. The van der Waals surface area contributed by atoms with Crippen LogP contribution in [0.5, 0.6) is 5.75 Å². The summed E-state index contributed by atoms with van der Waals surface area (Å²) in [4.78, 5) is 4.47. The van der Waals surface area contributed by atoms with Gasteiger partial charge in [0, 0.05) is 12.3 Å². The zero-order valence-electron chi connectivity index (χ0n) is 10.8. The zero-order chi connectivity index (χ0) is 13.1. The molecule has 3 rings (SSSR count). The van der Waals surface area contributed by atoms with Crippen molar-refractivity contribution in [2.75, 3.05) is 13.7 Å². The molecule has 2 aromatic rings. The van der Waals surface area contributed by atoms with Crippen LogP contribution in [0, 0.1) is 0 Å². The smallest absolute Gasteiger partial charge is 0.168 e. The summed E-state index contributed by atoms with van der Waals surface area (Å²) in [6.45, 7) is 2.36. The van der Waals surface area contributed by atoms with Crippen molar-refractivity contribution in [2.45, 2.75) is 24.1 Å². The van der Waals surface area contributed by atoms with E-state index in [0.29, 0.717) is 6.61 Å². The van der Waals surface area contributed by atoms with E-state index in [-0.39, 0.29) is 0 Å². The third kappa shape index (κ3) is 2.77. The molecule has 5 heteroatoms. The highest BCUT2D eigenvalue weighted by molar-refractivity contribution is 7.98. The van der Waals surface area contributed by atoms with Gasteiger partial charge < -0.3 is 14.0 Å². The molecule has 0 saturated heterocycles. The molecule has 0 fully saturated rings. The van der Waals surface area contributed by atoms with Gasteiger partial charge >= 0.3 is 0 Å². The minimum Gasteiger partial charge on any atom is -0.497 e. The molecule has 100 valence electrons. The van der Waals surface area contributed by atoms with Crippen molar-refractivity contribution in [3.05, 3.63) is 41.7 Å². The molecule has 0 radical (unpaired) electrons. The Bertz CT molecular complexity index is 551. The SMILES string of the molecule is COc1ccc(CSc2ncc3n2CCOC3)cc1. The third-order valence-corrected chi connectivity index (χ3v) is 4.20. The summed E-state index contributed by atoms with van der Waals surface area (Å²) in [5.41, 5.74) is 2.44. The Morgan fingerprint density at radius 3 is 3.00 bits per heavy atom. The topological polar surface area (TPSA) is 36.3 Å². The number of hydrogen-bond acceptors (Lipinski definition) is 4. The molecule has 0 aliphatic carbocycles. The number of benzene rings is 1. The van der Waals surface area contributed by atoms with Crippen LogP contribution in [-0.4, -0.2) is 23.3 Å². The number of rotatable bonds is 4. The highest BCUT2D eigenvalue weighted by Gasteiger charge is 2.14. The van der Waals surface area contributed by atoms with Crippen LogP contribution < -0.4 is 4.74 Å². The first-order valence-corrected chi connectivity index (χ1v) is 7.23. The predicted octanol–water partition coefficient (Wildman–Crippen LogP) is 2.71. The lowest BCUT2D eigenvalue weighted by Crippen LogP contribution is -2.16. The van der Waals surface area contributed by atoms with Crippen LogP contribution in [0.1, 0.15) is 11.3 Å². The first-order valence-electron chi connectivity index (χ1n) is 6.24. The van der Waals surface area contributed by atoms with Crippen molar-refractivity contribution < 1.29 is 9.47 Å². The largest absolute Gasteiger partial charge is 0.497 e. The first-order chi connectivity index (χ1) is 9.36. The van der Waals surface area contributed by atoms with Gasteiger partial charge in [0.05, 0.1) is 32.2 Å². The van der Waals surface area contributed by atoms with Crippen molar-refractivity contribution in [1.82, 2.24) is 9.55 Å². The van der Waals surface area contributed by atoms with Gasteiger partial charge in [0.25, 0.3) is 0 Å². The average molecular weight is 276 g/mol. The van der Waals surface area contributed by atoms with E-state index in [1.807, 2.05) is 18.3 Å². The Kier molecular flexibility index (Phi) is 3.75. The fourth-order valence-electron chi connectivity index (χ4n) is 2.06. The van der Waals surface area contributed by atoms with Crippen LogP contribution in [0.25, 0.3) is 0 Å². The minimum absolute atomic E-state index is 0.677. The van der Waals surface area contributed by atoms with Crippen LogP contribution in [0.15, 0.2) is 35.6 Å². The molecule has 0 atom stereocenters. The molecule has 1 aliphatic rings. The number of ether oxygens (including phenoxy) is 2. The Hall–Kier alpha value is -1.46. The number of imidazole rings is 1. The number of thioether (sulfide) groups is 1. The van der Waals surface area contributed by atoms with Gasteiger partial charge in [-0.25, -0.2) is 4.98 Å². The quantitative estimate of drug-likeness (QED) is 0.805. The van der Waals surface area contributed by atoms with Crippen LogP contribution in [-0.2, 0) is 23.6 Å². The summed E-state index contributed by atoms with van der Waals surface area (Å²) in [6.07, 6.45) is 1.91. The highest BCUT2D eigenvalue weighted by atomic mass is 32.2. The molecule has 4 nitrogen and oxygen atoms in total. The van der Waals surface area contributed by atoms with Gasteiger partial charge in [-0.1, -0.05) is 23.9 Å². The van der Waals surface area contributed by atoms with E-state index in [0.717, 1.165) is 29.8 Å². The summed E-state index contributed by atoms with van der Waals surface area (Å²) in [5, 5.41) is 1.08. The van der Waals surface area contributed by atoms with E-state index in [1.54, 1.807) is 18.9 Å². The van der Waals surface area contributed by atoms with Crippen LogP contribution in [0.2, 0.25) is 0 Å². The van der Waals surface area contributed by atoms with Gasteiger partial charge in [0.15, 0.2) is 5.16 Å². The van der Waals surface area contributed by atoms with Gasteiger partial charge in [0.1, 0.15) is 5.75 Å². The lowest BCUT2D eigenvalue weighted by atomic mass is 10.2. The number of aromatic nitrogens is 2. The van der Waals surface area contributed by atoms with E-state index in [9.17, 15) is 0 Å². The van der Waals surface area contributed by atoms with Crippen molar-refractivity contribution in [3.8, 4) is 5.75 Å². The van der Waals surface area contributed by atoms with Crippen LogP contribution >= 0.6 is 11.8 Å². The van der Waals surface area contributed by atoms with Gasteiger partial charge in [-0.15, -0.1) is 0 Å². The molecule has 1 aromatic heterocycles. The summed E-state index contributed by atoms with van der Waals surface area (Å²) in [7, 11) is 1.68. The maximum Gasteiger partial charge on any atom is 0.168 e. The maximum absolute atomic E-state index is 5.41. The average Bonchev–Trinajstić information content (AvgIpc) is 2.89. The monoisotopic (exact) mass is 276 g/mol. The maximum atomic E-state index is 5.41. The summed E-state index contributed by atoms with van der Waals surface area (Å²) < 4.78 is 12.8. The van der Waals surface area contributed by atoms with Crippen LogP contribution in [0.3, 0.4) is 0 Å². The lowest BCUT2D eigenvalue weighted by Gasteiger charge is -2.16. The van der Waals surface area contributed by atoms with Crippen molar-refractivity contribution in [3.63, 3.8) is 0 Å². The molecular formula is C14H16N2O2S. The van der Waals surface area contributed by atoms with Gasteiger partial charge in [0.2, 0.25) is 0 Å². The molecule has 1 aromatic carbocycles. The second-order valence-corrected chi connectivity index (χ2v) is 5.32. The number of methoxy groups -OCH3 is 1. The Morgan fingerprint density at radius 2 is 2.21 bits per heavy atom. The van der Waals surface area contributed by atoms with Gasteiger partial charge in [-0.05, 0) is 17.7 Å². The summed E-state index contributed by atoms with van der Waals surface area (Å²) in [6, 6.07) is 8.17. The summed E-state index contributed by atoms with van der Waals surface area (Å²) >= 11 is 1.76. The second kappa shape index (κ2) is 5.67. The normalized spacial score (nSPS) is 14.2. The molecule has 0 amide bonds. The molecule has 19 heavy (non-hydrogen) atoms. The van der Waals surface area contributed by atoms with Crippen molar-refractivity contribution in [1.29, 1.82) is 0 Å². The number of hydrogen-bond donors (Lipinski definition) is 0. The van der Waals surface area contributed by atoms with Gasteiger partial charge in [-0.3, -0.25) is 0 Å². The molecular weight excluding hydrogens is 260 g/mol. The zero-order valence-corrected chi connectivity index (χ0v) is 11.7. The standard InChI is InChI=1S/C14H16N2O2S/c1-17-13-4-2-11(3-5-13)10-19-14-15-8-12-9-18-7-6-16(12)14/h2-5,8H,6-7,9-10H2,1H3. The fraction of sp³-hybridized carbons (Fsp3) is 0.357. The second-order valence-electron chi connectivity index (χ2n) is 4.37. The highest BCUT2D eigenvalue weighted by Crippen LogP contribution is 2.25. The number of nitrogens with zero attached hydrogens (tertiary/aromatic N) is 2. The number of fused-ring (bicyclic) bond motifs is 1. The van der Waals surface area contributed by atoms with Gasteiger partial charge in [-0.2, -0.15) is 0 Å². The van der Waals surface area contributed by atoms with Crippen LogP contribution in [0.4, 0.5) is 0 Å². The summed E-state index contributed by atoms with van der Waals surface area (Å²) in [5.74, 6) is 1.81. The third-order valence-electron chi connectivity index (χ3n) is 3.14. The lowest BCUT2D eigenvalue weighted by molar-refractivity contribution is 0.0820. The first kappa shape index (κ1) is 12.6. The Morgan fingerprint density at radius 1 is 1.37 bits per heavy atom. The molecule has 0 spiro atoms. The molecule has 0 unspecified atom stereocenters. The van der Waals surface area contributed by atoms with Crippen molar-refractivity contribution >= 4 is 11.8 Å². The Labute approximate surface area is 116 Å². The predicted molar refractivity (Wildman–Crippen MR) is 74.4 cm³/mol. The van der Waals surface area contributed by atoms with E-state index < -0.39 is 0 Å². The molecule has 0 saturated carbocycles. The fourth-order valence-corrected chi connectivity index (χ4v) is 3.04. The Balaban J connectivity index is 1.66. The molecule has 1 aliphatic heterocycles. The van der Waals surface area contributed by atoms with E-state index >= 15 is 0 Å². The van der Waals surface area contributed by atoms with Crippen molar-refractivity contribution in [2.24, 2.45) is 0 Å². The minimum atomic E-state index is 0.677. The molecule has 0 N–H and O–H groups in total. The van der Waals surface area contributed by atoms with E-state index in [1.165, 1.54) is 11.3 Å². The van der Waals surface area contributed by atoms with E-state index in [2.05, 4.69) is 21.7 Å². The molecule has 2 heterocycles.